The number of rotatable bonds is 18. The summed E-state index contributed by atoms with van der Waals surface area (Å²) < 4.78 is 7.01. The standard InChI is InChI=1S/C35H45N3O3/c1-6-8-9-12-26(3)23-28-15-17-30(18-16-28)34(39)14-10-13-29(11-7-2)24-38-25-32-33(37-38)20-19-31(35(32)40)27(4)36-21-22-41-5/h6,8-9,12,15-20,25,29,36,40H,1,4,7,10-11,13-14,21-24H2,2-3,5H3/b9-8-,26-12+. The number of phenolic OH excluding ortho intramolecular Hbond substituents is 1. The van der Waals surface area contributed by atoms with Gasteiger partial charge < -0.3 is 15.2 Å². The quantitative estimate of drug-likeness (QED) is 0.0958. The molecule has 0 saturated carbocycles. The predicted octanol–water partition coefficient (Wildman–Crippen LogP) is 7.65. The largest absolute Gasteiger partial charge is 0.506 e. The summed E-state index contributed by atoms with van der Waals surface area (Å²) in [5.41, 5.74) is 5.30. The van der Waals surface area contributed by atoms with Gasteiger partial charge in [-0.1, -0.05) is 80.6 Å². The number of Topliss-reactive ketones (excluding diaryl/α,β-unsaturated/α-hetero) is 1. The van der Waals surface area contributed by atoms with Gasteiger partial charge >= 0.3 is 0 Å². The molecular formula is C35H45N3O3. The Hall–Kier alpha value is -3.90. The number of hydrogen-bond donors (Lipinski definition) is 2. The lowest BCUT2D eigenvalue weighted by Gasteiger charge is -2.16. The highest BCUT2D eigenvalue weighted by Gasteiger charge is 2.16. The van der Waals surface area contributed by atoms with Gasteiger partial charge in [-0.25, -0.2) is 0 Å². The van der Waals surface area contributed by atoms with Crippen LogP contribution in [0.1, 0.15) is 67.4 Å². The van der Waals surface area contributed by atoms with Gasteiger partial charge in [0.15, 0.2) is 5.78 Å². The minimum atomic E-state index is 0.183. The Morgan fingerprint density at radius 3 is 2.66 bits per heavy atom. The van der Waals surface area contributed by atoms with Crippen LogP contribution in [0.2, 0.25) is 0 Å². The number of phenols is 1. The van der Waals surface area contributed by atoms with Crippen molar-refractivity contribution in [2.75, 3.05) is 20.3 Å². The van der Waals surface area contributed by atoms with Crippen LogP contribution in [0.3, 0.4) is 0 Å². The maximum atomic E-state index is 12.9. The van der Waals surface area contributed by atoms with Crippen LogP contribution in [0.4, 0.5) is 0 Å². The Morgan fingerprint density at radius 1 is 1.17 bits per heavy atom. The summed E-state index contributed by atoms with van der Waals surface area (Å²) in [5.74, 6) is 0.777. The lowest BCUT2D eigenvalue weighted by atomic mass is 9.94. The van der Waals surface area contributed by atoms with Gasteiger partial charge in [0.25, 0.3) is 0 Å². The molecule has 0 spiro atoms. The number of benzene rings is 2. The molecule has 41 heavy (non-hydrogen) atoms. The maximum Gasteiger partial charge on any atom is 0.162 e. The van der Waals surface area contributed by atoms with Crippen LogP contribution in [-0.4, -0.2) is 40.9 Å². The summed E-state index contributed by atoms with van der Waals surface area (Å²) in [6, 6.07) is 11.8. The molecule has 1 heterocycles. The molecule has 0 bridgehead atoms. The van der Waals surface area contributed by atoms with Crippen LogP contribution in [0.5, 0.6) is 5.75 Å². The number of aromatic hydroxyl groups is 1. The first-order chi connectivity index (χ1) is 19.9. The fourth-order valence-corrected chi connectivity index (χ4v) is 5.05. The SMILES string of the molecule is C=C/C=C\C=C(/C)Cc1ccc(C(=O)CCCC(CCC)Cn2cc3c(O)c(C(=C)NCCOC)ccc3n2)cc1. The average Bonchev–Trinajstić information content (AvgIpc) is 3.37. The Morgan fingerprint density at radius 2 is 1.95 bits per heavy atom. The zero-order valence-electron chi connectivity index (χ0n) is 24.9. The Kier molecular flexibility index (Phi) is 12.6. The van der Waals surface area contributed by atoms with E-state index in [1.807, 2.05) is 47.3 Å². The third-order valence-corrected chi connectivity index (χ3v) is 7.22. The van der Waals surface area contributed by atoms with Crippen molar-refractivity contribution in [1.29, 1.82) is 0 Å². The van der Waals surface area contributed by atoms with Gasteiger partial charge in [0, 0.05) is 49.6 Å². The summed E-state index contributed by atoms with van der Waals surface area (Å²) >= 11 is 0. The lowest BCUT2D eigenvalue weighted by Crippen LogP contribution is -2.17. The van der Waals surface area contributed by atoms with E-state index in [2.05, 4.69) is 50.5 Å². The minimum Gasteiger partial charge on any atom is -0.506 e. The minimum absolute atomic E-state index is 0.183. The normalized spacial score (nSPS) is 12.6. The van der Waals surface area contributed by atoms with Crippen molar-refractivity contribution in [3.05, 3.63) is 102 Å². The van der Waals surface area contributed by atoms with Crippen molar-refractivity contribution in [1.82, 2.24) is 15.1 Å². The summed E-state index contributed by atoms with van der Waals surface area (Å²) in [7, 11) is 1.65. The van der Waals surface area contributed by atoms with E-state index in [0.29, 0.717) is 42.1 Å². The van der Waals surface area contributed by atoms with Gasteiger partial charge in [0.1, 0.15) is 5.75 Å². The van der Waals surface area contributed by atoms with Crippen molar-refractivity contribution < 1.29 is 14.6 Å². The third kappa shape index (κ3) is 9.61. The molecule has 3 aromatic rings. The molecule has 3 rings (SSSR count). The zero-order valence-corrected chi connectivity index (χ0v) is 24.9. The number of nitrogens with zero attached hydrogens (tertiary/aromatic N) is 2. The number of carbonyl (C=O) groups is 1. The van der Waals surface area contributed by atoms with E-state index in [-0.39, 0.29) is 11.5 Å². The Labute approximate surface area is 245 Å². The summed E-state index contributed by atoms with van der Waals surface area (Å²) in [6.45, 7) is 14.0. The summed E-state index contributed by atoms with van der Waals surface area (Å²) in [6.07, 6.45) is 15.0. The number of methoxy groups -OCH3 is 1. The van der Waals surface area contributed by atoms with Crippen molar-refractivity contribution in [3.63, 3.8) is 0 Å². The van der Waals surface area contributed by atoms with Crippen LogP contribution >= 0.6 is 0 Å². The first-order valence-electron chi connectivity index (χ1n) is 14.5. The van der Waals surface area contributed by atoms with Gasteiger partial charge in [0.2, 0.25) is 0 Å². The molecule has 0 fully saturated rings. The number of hydrogen-bond acceptors (Lipinski definition) is 5. The number of aromatic nitrogens is 2. The highest BCUT2D eigenvalue weighted by Crippen LogP contribution is 2.32. The smallest absolute Gasteiger partial charge is 0.162 e. The van der Waals surface area contributed by atoms with Crippen LogP contribution in [0, 0.1) is 5.92 Å². The second kappa shape index (κ2) is 16.4. The highest BCUT2D eigenvalue weighted by molar-refractivity contribution is 5.96. The molecule has 6 heteroatoms. The Balaban J connectivity index is 1.56. The molecule has 0 aliphatic heterocycles. The molecule has 2 N–H and O–H groups in total. The average molecular weight is 556 g/mol. The third-order valence-electron chi connectivity index (χ3n) is 7.22. The number of ketones is 1. The van der Waals surface area contributed by atoms with Gasteiger partial charge in [-0.2, -0.15) is 5.10 Å². The molecule has 0 aliphatic rings. The molecule has 6 nitrogen and oxygen atoms in total. The Bertz CT molecular complexity index is 1370. The molecule has 2 aromatic carbocycles. The molecule has 1 aromatic heterocycles. The van der Waals surface area contributed by atoms with Crippen LogP contribution in [0.25, 0.3) is 16.6 Å². The predicted molar refractivity (Wildman–Crippen MR) is 170 cm³/mol. The second-order valence-electron chi connectivity index (χ2n) is 10.6. The van der Waals surface area contributed by atoms with Gasteiger partial charge in [-0.15, -0.1) is 0 Å². The fraction of sp³-hybridized carbons (Fsp3) is 0.371. The summed E-state index contributed by atoms with van der Waals surface area (Å²) in [5, 5.41) is 19.5. The molecule has 0 aliphatic carbocycles. The zero-order chi connectivity index (χ0) is 29.6. The summed E-state index contributed by atoms with van der Waals surface area (Å²) in [4.78, 5) is 12.9. The maximum absolute atomic E-state index is 12.9. The van der Waals surface area contributed by atoms with Crippen LogP contribution in [-0.2, 0) is 17.7 Å². The van der Waals surface area contributed by atoms with Gasteiger partial charge in [0.05, 0.1) is 17.5 Å². The number of fused-ring (bicyclic) bond motifs is 1. The van der Waals surface area contributed by atoms with Gasteiger partial charge in [-0.3, -0.25) is 9.48 Å². The van der Waals surface area contributed by atoms with Crippen molar-refractivity contribution in [3.8, 4) is 5.75 Å². The first kappa shape index (κ1) is 31.6. The van der Waals surface area contributed by atoms with E-state index in [1.54, 1.807) is 13.2 Å². The van der Waals surface area contributed by atoms with Crippen LogP contribution in [0.15, 0.2) is 85.6 Å². The van der Waals surface area contributed by atoms with Crippen molar-refractivity contribution in [2.24, 2.45) is 5.92 Å². The van der Waals surface area contributed by atoms with E-state index in [9.17, 15) is 9.90 Å². The second-order valence-corrected chi connectivity index (χ2v) is 10.6. The molecular weight excluding hydrogens is 510 g/mol. The van der Waals surface area contributed by atoms with Gasteiger partial charge in [-0.05, 0) is 56.2 Å². The topological polar surface area (TPSA) is 76.4 Å². The highest BCUT2D eigenvalue weighted by atomic mass is 16.5. The molecule has 0 amide bonds. The van der Waals surface area contributed by atoms with E-state index in [0.717, 1.165) is 49.7 Å². The number of carbonyl (C=O) groups excluding carboxylic acids is 1. The van der Waals surface area contributed by atoms with E-state index < -0.39 is 0 Å². The molecule has 1 atom stereocenters. The van der Waals surface area contributed by atoms with Crippen LogP contribution < -0.4 is 5.32 Å². The van der Waals surface area contributed by atoms with Crippen molar-refractivity contribution >= 4 is 22.4 Å². The molecule has 0 radical (unpaired) electrons. The van der Waals surface area contributed by atoms with E-state index >= 15 is 0 Å². The first-order valence-corrected chi connectivity index (χ1v) is 14.5. The molecule has 0 saturated heterocycles. The van der Waals surface area contributed by atoms with E-state index in [1.165, 1.54) is 11.1 Å². The fourth-order valence-electron chi connectivity index (χ4n) is 5.05. The van der Waals surface area contributed by atoms with E-state index in [4.69, 9.17) is 9.84 Å². The number of nitrogens with one attached hydrogen (secondary N) is 1. The monoisotopic (exact) mass is 555 g/mol. The molecule has 218 valence electrons. The number of allylic oxidation sites excluding steroid dienone is 5. The van der Waals surface area contributed by atoms with Crippen molar-refractivity contribution in [2.45, 2.75) is 58.9 Å². The molecule has 1 unspecified atom stereocenters. The number of ether oxygens (including phenoxy) is 1. The lowest BCUT2D eigenvalue weighted by molar-refractivity contribution is 0.0977.